The molecule has 1 aliphatic heterocycles. The number of hydrogen-bond acceptors (Lipinski definition) is 6. The van der Waals surface area contributed by atoms with Crippen molar-refractivity contribution < 1.29 is 34.7 Å². The molecule has 0 unspecified atom stereocenters. The maximum atomic E-state index is 10.4. The lowest BCUT2D eigenvalue weighted by molar-refractivity contribution is -0.261. The summed E-state index contributed by atoms with van der Waals surface area (Å²) in [5.41, 5.74) is 0. The minimum absolute atomic E-state index is 0.190. The van der Waals surface area contributed by atoms with E-state index in [9.17, 15) is 20.1 Å². The number of aliphatic hydroxyl groups excluding tert-OH is 3. The number of carboxylic acids is 1. The number of ether oxygens (including phenoxy) is 2. The van der Waals surface area contributed by atoms with Crippen LogP contribution in [-0.2, 0) is 14.3 Å². The highest BCUT2D eigenvalue weighted by atomic mass is 16.7. The Hall–Kier alpha value is -0.730. The third-order valence-electron chi connectivity index (χ3n) is 4.06. The third kappa shape index (κ3) is 8.62. The lowest BCUT2D eigenvalue weighted by Gasteiger charge is -2.35. The lowest BCUT2D eigenvalue weighted by atomic mass is 10.0. The fourth-order valence-electron chi connectivity index (χ4n) is 2.61. The SMILES string of the molecule is C[C@@H]1O[C@@H](OCCCCCCC[C@@H](O)CC(=O)O)[C@H](O)C[C@H]1O. The van der Waals surface area contributed by atoms with Crippen molar-refractivity contribution in [3.8, 4) is 0 Å². The second-order valence-corrected chi connectivity index (χ2v) is 6.26. The largest absolute Gasteiger partial charge is 0.481 e. The molecule has 7 nitrogen and oxygen atoms in total. The molecule has 5 atom stereocenters. The monoisotopic (exact) mass is 334 g/mol. The van der Waals surface area contributed by atoms with E-state index in [4.69, 9.17) is 14.6 Å². The Morgan fingerprint density at radius 3 is 2.52 bits per heavy atom. The van der Waals surface area contributed by atoms with E-state index >= 15 is 0 Å². The molecule has 1 aliphatic rings. The van der Waals surface area contributed by atoms with E-state index in [1.165, 1.54) is 0 Å². The van der Waals surface area contributed by atoms with E-state index in [-0.39, 0.29) is 18.9 Å². The summed E-state index contributed by atoms with van der Waals surface area (Å²) in [5.74, 6) is -0.969. The molecule has 0 radical (unpaired) electrons. The molecule has 1 fully saturated rings. The zero-order chi connectivity index (χ0) is 17.2. The van der Waals surface area contributed by atoms with Gasteiger partial charge >= 0.3 is 5.97 Å². The minimum atomic E-state index is -0.969. The van der Waals surface area contributed by atoms with Crippen molar-refractivity contribution >= 4 is 5.97 Å². The van der Waals surface area contributed by atoms with Gasteiger partial charge < -0.3 is 29.9 Å². The second kappa shape index (κ2) is 10.9. The molecule has 0 amide bonds. The van der Waals surface area contributed by atoms with Crippen LogP contribution in [0.5, 0.6) is 0 Å². The molecule has 0 aromatic heterocycles. The van der Waals surface area contributed by atoms with Gasteiger partial charge in [0.1, 0.15) is 6.10 Å². The summed E-state index contributed by atoms with van der Waals surface area (Å²) in [6.45, 7) is 2.25. The molecule has 23 heavy (non-hydrogen) atoms. The van der Waals surface area contributed by atoms with Gasteiger partial charge in [-0.05, 0) is 19.8 Å². The molecule has 7 heteroatoms. The highest BCUT2D eigenvalue weighted by Gasteiger charge is 2.34. The van der Waals surface area contributed by atoms with Crippen LogP contribution in [0.1, 0.15) is 58.3 Å². The Kier molecular flexibility index (Phi) is 9.66. The van der Waals surface area contributed by atoms with E-state index < -0.39 is 30.6 Å². The van der Waals surface area contributed by atoms with Crippen LogP contribution >= 0.6 is 0 Å². The predicted molar refractivity (Wildman–Crippen MR) is 82.9 cm³/mol. The molecule has 0 bridgehead atoms. The van der Waals surface area contributed by atoms with Gasteiger partial charge in [0, 0.05) is 13.0 Å². The number of unbranched alkanes of at least 4 members (excludes halogenated alkanes) is 4. The maximum Gasteiger partial charge on any atom is 0.305 e. The van der Waals surface area contributed by atoms with E-state index in [0.29, 0.717) is 13.0 Å². The molecule has 1 rings (SSSR count). The zero-order valence-corrected chi connectivity index (χ0v) is 13.8. The molecule has 0 saturated carbocycles. The van der Waals surface area contributed by atoms with Gasteiger partial charge in [0.25, 0.3) is 0 Å². The van der Waals surface area contributed by atoms with E-state index in [1.54, 1.807) is 6.92 Å². The Bertz CT molecular complexity index is 336. The van der Waals surface area contributed by atoms with Gasteiger partial charge in [0.2, 0.25) is 0 Å². The summed E-state index contributed by atoms with van der Waals surface area (Å²) in [6.07, 6.45) is 1.97. The molecule has 1 saturated heterocycles. The van der Waals surface area contributed by atoms with Gasteiger partial charge in [-0.2, -0.15) is 0 Å². The summed E-state index contributed by atoms with van der Waals surface area (Å²) >= 11 is 0. The van der Waals surface area contributed by atoms with Crippen molar-refractivity contribution in [2.75, 3.05) is 6.61 Å². The Morgan fingerprint density at radius 2 is 1.83 bits per heavy atom. The molecular formula is C16H30O7. The molecular weight excluding hydrogens is 304 g/mol. The van der Waals surface area contributed by atoms with Crippen molar-refractivity contribution in [3.05, 3.63) is 0 Å². The van der Waals surface area contributed by atoms with Gasteiger partial charge in [-0.25, -0.2) is 0 Å². The topological polar surface area (TPSA) is 116 Å². The van der Waals surface area contributed by atoms with Crippen LogP contribution in [0.2, 0.25) is 0 Å². The number of carbonyl (C=O) groups is 1. The van der Waals surface area contributed by atoms with Gasteiger partial charge in [0.05, 0.1) is 24.7 Å². The van der Waals surface area contributed by atoms with Crippen LogP contribution in [0, 0.1) is 0 Å². The Balaban J connectivity index is 1.96. The normalized spacial score (nSPS) is 29.4. The summed E-state index contributed by atoms with van der Waals surface area (Å²) < 4.78 is 10.9. The molecule has 0 aromatic carbocycles. The molecule has 4 N–H and O–H groups in total. The number of hydrogen-bond donors (Lipinski definition) is 4. The summed E-state index contributed by atoms with van der Waals surface area (Å²) in [5, 5.41) is 37.3. The standard InChI is InChI=1S/C16H30O7/c1-11-13(18)10-14(19)16(23-11)22-8-6-4-2-3-5-7-12(17)9-15(20)21/h11-14,16-19H,2-10H2,1H3,(H,20,21)/t11-,12+,13+,14+,16+/m0/s1. The van der Waals surface area contributed by atoms with Gasteiger partial charge in [-0.1, -0.05) is 25.7 Å². The third-order valence-corrected chi connectivity index (χ3v) is 4.06. The molecule has 0 spiro atoms. The summed E-state index contributed by atoms with van der Waals surface area (Å²) in [7, 11) is 0. The van der Waals surface area contributed by atoms with Crippen LogP contribution in [-0.4, -0.2) is 63.7 Å². The van der Waals surface area contributed by atoms with Crippen LogP contribution in [0.15, 0.2) is 0 Å². The van der Waals surface area contributed by atoms with Gasteiger partial charge in [-0.15, -0.1) is 0 Å². The highest BCUT2D eigenvalue weighted by molar-refractivity contribution is 5.67. The first-order valence-electron chi connectivity index (χ1n) is 8.43. The Labute approximate surface area is 137 Å². The second-order valence-electron chi connectivity index (χ2n) is 6.26. The van der Waals surface area contributed by atoms with Crippen molar-refractivity contribution in [1.29, 1.82) is 0 Å². The van der Waals surface area contributed by atoms with Crippen LogP contribution in [0.3, 0.4) is 0 Å². The van der Waals surface area contributed by atoms with Crippen LogP contribution in [0.4, 0.5) is 0 Å². The fourth-order valence-corrected chi connectivity index (χ4v) is 2.61. The van der Waals surface area contributed by atoms with Gasteiger partial charge in [-0.3, -0.25) is 4.79 Å². The first kappa shape index (κ1) is 20.3. The van der Waals surface area contributed by atoms with Gasteiger partial charge in [0.15, 0.2) is 6.29 Å². The summed E-state index contributed by atoms with van der Waals surface area (Å²) in [6, 6.07) is 0. The van der Waals surface area contributed by atoms with Crippen LogP contribution in [0.25, 0.3) is 0 Å². The molecule has 136 valence electrons. The predicted octanol–water partition coefficient (Wildman–Crippen LogP) is 1.04. The first-order valence-corrected chi connectivity index (χ1v) is 8.43. The molecule has 1 heterocycles. The Morgan fingerprint density at radius 1 is 1.17 bits per heavy atom. The average Bonchev–Trinajstić information content (AvgIpc) is 2.46. The average molecular weight is 334 g/mol. The number of aliphatic hydroxyl groups is 3. The minimum Gasteiger partial charge on any atom is -0.481 e. The zero-order valence-electron chi connectivity index (χ0n) is 13.8. The van der Waals surface area contributed by atoms with Crippen molar-refractivity contribution in [2.24, 2.45) is 0 Å². The maximum absolute atomic E-state index is 10.4. The number of rotatable bonds is 11. The molecule has 0 aromatic rings. The van der Waals surface area contributed by atoms with E-state index in [0.717, 1.165) is 32.1 Å². The smallest absolute Gasteiger partial charge is 0.305 e. The lowest BCUT2D eigenvalue weighted by Crippen LogP contribution is -2.47. The number of carboxylic acid groups (broad SMARTS) is 1. The highest BCUT2D eigenvalue weighted by Crippen LogP contribution is 2.21. The van der Waals surface area contributed by atoms with E-state index in [2.05, 4.69) is 0 Å². The van der Waals surface area contributed by atoms with Crippen molar-refractivity contribution in [3.63, 3.8) is 0 Å². The van der Waals surface area contributed by atoms with Crippen molar-refractivity contribution in [1.82, 2.24) is 0 Å². The number of aliphatic carboxylic acids is 1. The fraction of sp³-hybridized carbons (Fsp3) is 0.938. The summed E-state index contributed by atoms with van der Waals surface area (Å²) in [4.78, 5) is 10.4. The first-order chi connectivity index (χ1) is 10.9. The van der Waals surface area contributed by atoms with E-state index in [1.807, 2.05) is 0 Å². The van der Waals surface area contributed by atoms with Crippen molar-refractivity contribution in [2.45, 2.75) is 89.0 Å². The molecule has 0 aliphatic carbocycles. The van der Waals surface area contributed by atoms with Crippen LogP contribution < -0.4 is 0 Å². The quantitative estimate of drug-likeness (QED) is 0.417.